The van der Waals surface area contributed by atoms with E-state index in [1.807, 2.05) is 30.3 Å². The number of rotatable bonds is 10. The molecule has 0 aliphatic carbocycles. The summed E-state index contributed by atoms with van der Waals surface area (Å²) in [4.78, 5) is 4.28. The van der Waals surface area contributed by atoms with E-state index in [0.717, 1.165) is 34.1 Å². The van der Waals surface area contributed by atoms with E-state index in [1.165, 1.54) is 0 Å². The van der Waals surface area contributed by atoms with Crippen molar-refractivity contribution in [3.05, 3.63) is 41.5 Å². The zero-order chi connectivity index (χ0) is 21.9. The Bertz CT molecular complexity index is 830. The molecule has 0 saturated carbocycles. The molecule has 0 fully saturated rings. The molecule has 164 valence electrons. The molecule has 0 radical (unpaired) electrons. The van der Waals surface area contributed by atoms with E-state index >= 15 is 0 Å². The Morgan fingerprint density at radius 1 is 0.767 bits per heavy atom. The fourth-order valence-corrected chi connectivity index (χ4v) is 3.03. The lowest BCUT2D eigenvalue weighted by Crippen LogP contribution is -2.38. The van der Waals surface area contributed by atoms with Crippen LogP contribution < -0.4 is 34.3 Å². The van der Waals surface area contributed by atoms with Crippen LogP contribution in [0.2, 0.25) is 0 Å². The molecule has 0 heterocycles. The third-order valence-corrected chi connectivity index (χ3v) is 4.65. The van der Waals surface area contributed by atoms with Gasteiger partial charge in [0.25, 0.3) is 0 Å². The van der Waals surface area contributed by atoms with Gasteiger partial charge in [-0.3, -0.25) is 4.99 Å². The highest BCUT2D eigenvalue weighted by Crippen LogP contribution is 2.34. The number of hydrogen-bond donors (Lipinski definition) is 2. The van der Waals surface area contributed by atoms with Gasteiger partial charge < -0.3 is 34.3 Å². The standard InChI is InChI=1S/C22H31N3O5/c1-23-22(25-14-15-7-8-16(26-2)11-19(15)28-4)24-10-9-18-20(29-5)12-17(27-3)13-21(18)30-6/h7-8,11-13H,9-10,14H2,1-6H3,(H2,23,24,25). The molecule has 30 heavy (non-hydrogen) atoms. The number of guanidine groups is 1. The predicted octanol–water partition coefficient (Wildman–Crippen LogP) is 2.64. The van der Waals surface area contributed by atoms with Crippen molar-refractivity contribution in [1.82, 2.24) is 10.6 Å². The topological polar surface area (TPSA) is 82.6 Å². The Hall–Kier alpha value is -3.29. The largest absolute Gasteiger partial charge is 0.497 e. The normalized spacial score (nSPS) is 10.9. The van der Waals surface area contributed by atoms with Crippen molar-refractivity contribution in [3.8, 4) is 28.7 Å². The van der Waals surface area contributed by atoms with E-state index in [9.17, 15) is 0 Å². The summed E-state index contributed by atoms with van der Waals surface area (Å²) in [6.07, 6.45) is 0.683. The van der Waals surface area contributed by atoms with Gasteiger partial charge >= 0.3 is 0 Å². The molecule has 0 amide bonds. The van der Waals surface area contributed by atoms with Crippen LogP contribution in [-0.4, -0.2) is 55.1 Å². The van der Waals surface area contributed by atoms with Gasteiger partial charge in [0.05, 0.1) is 35.5 Å². The Labute approximate surface area is 178 Å². The van der Waals surface area contributed by atoms with Crippen LogP contribution in [0.1, 0.15) is 11.1 Å². The fourth-order valence-electron chi connectivity index (χ4n) is 3.03. The summed E-state index contributed by atoms with van der Waals surface area (Å²) in [7, 11) is 9.88. The van der Waals surface area contributed by atoms with E-state index in [-0.39, 0.29) is 0 Å². The average Bonchev–Trinajstić information content (AvgIpc) is 2.80. The Balaban J connectivity index is 1.99. The number of benzene rings is 2. The predicted molar refractivity (Wildman–Crippen MR) is 118 cm³/mol. The smallest absolute Gasteiger partial charge is 0.191 e. The van der Waals surface area contributed by atoms with Crippen LogP contribution in [0.3, 0.4) is 0 Å². The Morgan fingerprint density at radius 2 is 1.37 bits per heavy atom. The van der Waals surface area contributed by atoms with Crippen molar-refractivity contribution in [2.75, 3.05) is 49.1 Å². The van der Waals surface area contributed by atoms with Crippen molar-refractivity contribution in [2.24, 2.45) is 4.99 Å². The molecule has 2 N–H and O–H groups in total. The van der Waals surface area contributed by atoms with Gasteiger partial charge in [0.15, 0.2) is 5.96 Å². The van der Waals surface area contributed by atoms with Gasteiger partial charge in [0.2, 0.25) is 0 Å². The maximum Gasteiger partial charge on any atom is 0.191 e. The molecule has 2 aromatic carbocycles. The van der Waals surface area contributed by atoms with Crippen LogP contribution in [0, 0.1) is 0 Å². The lowest BCUT2D eigenvalue weighted by molar-refractivity contribution is 0.368. The maximum atomic E-state index is 5.51. The molecule has 8 heteroatoms. The second kappa shape index (κ2) is 11.6. The van der Waals surface area contributed by atoms with Crippen LogP contribution in [0.15, 0.2) is 35.3 Å². The Kier molecular flexibility index (Phi) is 8.93. The second-order valence-electron chi connectivity index (χ2n) is 6.29. The lowest BCUT2D eigenvalue weighted by Gasteiger charge is -2.17. The number of nitrogens with one attached hydrogen (secondary N) is 2. The second-order valence-corrected chi connectivity index (χ2v) is 6.29. The Morgan fingerprint density at radius 3 is 1.90 bits per heavy atom. The van der Waals surface area contributed by atoms with E-state index in [1.54, 1.807) is 42.6 Å². The van der Waals surface area contributed by atoms with Crippen molar-refractivity contribution in [1.29, 1.82) is 0 Å². The number of ether oxygens (including phenoxy) is 5. The summed E-state index contributed by atoms with van der Waals surface area (Å²) in [6.45, 7) is 1.19. The van der Waals surface area contributed by atoms with Gasteiger partial charge in [0.1, 0.15) is 28.7 Å². The first kappa shape index (κ1) is 23.0. The minimum absolute atomic E-state index is 0.558. The minimum atomic E-state index is 0.558. The van der Waals surface area contributed by atoms with E-state index in [2.05, 4.69) is 15.6 Å². The van der Waals surface area contributed by atoms with Crippen LogP contribution >= 0.6 is 0 Å². The molecular weight excluding hydrogens is 386 g/mol. The van der Waals surface area contributed by atoms with E-state index in [0.29, 0.717) is 31.2 Å². The summed E-state index contributed by atoms with van der Waals surface area (Å²) in [5.74, 6) is 4.31. The molecule has 0 spiro atoms. The lowest BCUT2D eigenvalue weighted by atomic mass is 10.1. The molecule has 2 rings (SSSR count). The first-order chi connectivity index (χ1) is 14.6. The summed E-state index contributed by atoms with van der Waals surface area (Å²) in [5.41, 5.74) is 1.96. The van der Waals surface area contributed by atoms with Gasteiger partial charge in [-0.15, -0.1) is 0 Å². The summed E-state index contributed by atoms with van der Waals surface area (Å²) in [5, 5.41) is 6.61. The zero-order valence-corrected chi connectivity index (χ0v) is 18.5. The molecule has 2 aromatic rings. The molecule has 0 saturated heterocycles. The zero-order valence-electron chi connectivity index (χ0n) is 18.5. The highest BCUT2D eigenvalue weighted by Gasteiger charge is 2.13. The quantitative estimate of drug-likeness (QED) is 0.454. The average molecular weight is 418 g/mol. The number of aliphatic imine (C=N–C) groups is 1. The number of methoxy groups -OCH3 is 5. The maximum absolute atomic E-state index is 5.51. The molecular formula is C22H31N3O5. The van der Waals surface area contributed by atoms with Crippen molar-refractivity contribution >= 4 is 5.96 Å². The first-order valence-electron chi connectivity index (χ1n) is 9.54. The first-order valence-corrected chi connectivity index (χ1v) is 9.54. The minimum Gasteiger partial charge on any atom is -0.497 e. The van der Waals surface area contributed by atoms with Gasteiger partial charge in [-0.2, -0.15) is 0 Å². The van der Waals surface area contributed by atoms with Crippen molar-refractivity contribution in [3.63, 3.8) is 0 Å². The number of nitrogens with zero attached hydrogens (tertiary/aromatic N) is 1. The van der Waals surface area contributed by atoms with Crippen molar-refractivity contribution < 1.29 is 23.7 Å². The van der Waals surface area contributed by atoms with Gasteiger partial charge in [-0.25, -0.2) is 0 Å². The van der Waals surface area contributed by atoms with E-state index in [4.69, 9.17) is 23.7 Å². The van der Waals surface area contributed by atoms with Crippen LogP contribution in [0.25, 0.3) is 0 Å². The molecule has 0 atom stereocenters. The molecule has 0 aliphatic rings. The summed E-state index contributed by atoms with van der Waals surface area (Å²) in [6, 6.07) is 9.42. The van der Waals surface area contributed by atoms with Gasteiger partial charge in [0, 0.05) is 49.5 Å². The number of hydrogen-bond acceptors (Lipinski definition) is 6. The summed E-state index contributed by atoms with van der Waals surface area (Å²) >= 11 is 0. The van der Waals surface area contributed by atoms with Crippen LogP contribution in [0.5, 0.6) is 28.7 Å². The fraction of sp³-hybridized carbons (Fsp3) is 0.409. The van der Waals surface area contributed by atoms with Crippen LogP contribution in [-0.2, 0) is 13.0 Å². The van der Waals surface area contributed by atoms with Gasteiger partial charge in [-0.1, -0.05) is 0 Å². The summed E-state index contributed by atoms with van der Waals surface area (Å²) < 4.78 is 27.0. The molecule has 8 nitrogen and oxygen atoms in total. The SMILES string of the molecule is CN=C(NCCc1c(OC)cc(OC)cc1OC)NCc1ccc(OC)cc1OC. The molecule has 0 aliphatic heterocycles. The van der Waals surface area contributed by atoms with Crippen LogP contribution in [0.4, 0.5) is 0 Å². The molecule has 0 aromatic heterocycles. The third-order valence-electron chi connectivity index (χ3n) is 4.65. The third kappa shape index (κ3) is 5.85. The monoisotopic (exact) mass is 417 g/mol. The van der Waals surface area contributed by atoms with Crippen molar-refractivity contribution in [2.45, 2.75) is 13.0 Å². The molecule has 0 unspecified atom stereocenters. The highest BCUT2D eigenvalue weighted by atomic mass is 16.5. The van der Waals surface area contributed by atoms with E-state index < -0.39 is 0 Å². The highest BCUT2D eigenvalue weighted by molar-refractivity contribution is 5.79. The van der Waals surface area contributed by atoms with Gasteiger partial charge in [-0.05, 0) is 18.6 Å². The molecule has 0 bridgehead atoms.